The van der Waals surface area contributed by atoms with E-state index < -0.39 is 22.9 Å². The molecule has 0 amide bonds. The summed E-state index contributed by atoms with van der Waals surface area (Å²) >= 11 is 0. The van der Waals surface area contributed by atoms with E-state index in [2.05, 4.69) is 4.84 Å². The average Bonchev–Trinajstić information content (AvgIpc) is 2.77. The zero-order valence-electron chi connectivity index (χ0n) is 13.8. The number of rotatable bonds is 9. The van der Waals surface area contributed by atoms with E-state index >= 15 is 0 Å². The molecular formula is C15H26F4N2O2+2. The first-order valence-electron chi connectivity index (χ1n) is 8.22. The Labute approximate surface area is 134 Å². The first-order valence-corrected chi connectivity index (χ1v) is 8.22. The monoisotopic (exact) mass is 342 g/mol. The van der Waals surface area contributed by atoms with Gasteiger partial charge in [-0.1, -0.05) is 31.1 Å². The molecule has 1 rings (SSSR count). The Balaban J connectivity index is 2.89. The highest BCUT2D eigenvalue weighted by molar-refractivity contribution is 5.75. The summed E-state index contributed by atoms with van der Waals surface area (Å²) in [7, 11) is 0. The average molecular weight is 342 g/mol. The molecule has 0 saturated carbocycles. The molecule has 4 nitrogen and oxygen atoms in total. The number of alkyl halides is 3. The molecule has 23 heavy (non-hydrogen) atoms. The summed E-state index contributed by atoms with van der Waals surface area (Å²) in [6.07, 6.45) is -1.18. The third-order valence-electron chi connectivity index (χ3n) is 3.97. The SMILES string of the molecule is CCCCC[N+]1=C(F)[N+](CCCCC)(OC(=O)C(F)(F)F)CC1. The van der Waals surface area contributed by atoms with Crippen molar-refractivity contribution in [2.24, 2.45) is 0 Å². The number of quaternary nitrogens is 1. The van der Waals surface area contributed by atoms with Gasteiger partial charge in [0.25, 0.3) is 0 Å². The highest BCUT2D eigenvalue weighted by Gasteiger charge is 2.57. The molecule has 1 unspecified atom stereocenters. The van der Waals surface area contributed by atoms with E-state index in [1.54, 1.807) is 0 Å². The fraction of sp³-hybridized carbons (Fsp3) is 0.867. The Hall–Kier alpha value is -1.18. The van der Waals surface area contributed by atoms with E-state index in [-0.39, 0.29) is 19.6 Å². The van der Waals surface area contributed by atoms with Crippen LogP contribution in [0.3, 0.4) is 0 Å². The zero-order valence-corrected chi connectivity index (χ0v) is 13.8. The van der Waals surface area contributed by atoms with Gasteiger partial charge in [0, 0.05) is 12.8 Å². The number of unbranched alkanes of at least 4 members (excludes halogenated alkanes) is 4. The zero-order chi connectivity index (χ0) is 17.5. The minimum absolute atomic E-state index is 0.0174. The van der Waals surface area contributed by atoms with Gasteiger partial charge in [0.15, 0.2) is 13.1 Å². The molecule has 0 N–H and O–H groups in total. The van der Waals surface area contributed by atoms with Crippen LogP contribution in [0, 0.1) is 0 Å². The highest BCUT2D eigenvalue weighted by Crippen LogP contribution is 2.25. The molecule has 0 fully saturated rings. The van der Waals surface area contributed by atoms with Crippen molar-refractivity contribution in [1.29, 1.82) is 0 Å². The van der Waals surface area contributed by atoms with Crippen LogP contribution in [0.4, 0.5) is 17.6 Å². The van der Waals surface area contributed by atoms with Crippen molar-refractivity contribution in [3.05, 3.63) is 0 Å². The van der Waals surface area contributed by atoms with Gasteiger partial charge in [-0.2, -0.15) is 13.2 Å². The normalized spacial score (nSPS) is 21.8. The maximum atomic E-state index is 14.7. The van der Waals surface area contributed by atoms with Crippen LogP contribution < -0.4 is 0 Å². The van der Waals surface area contributed by atoms with Crippen LogP contribution in [0.5, 0.6) is 0 Å². The predicted octanol–water partition coefficient (Wildman–Crippen LogP) is 3.56. The number of hydrogen-bond donors (Lipinski definition) is 0. The third-order valence-corrected chi connectivity index (χ3v) is 3.97. The minimum atomic E-state index is -5.12. The van der Waals surface area contributed by atoms with Crippen molar-refractivity contribution in [3.8, 4) is 0 Å². The molecule has 0 aliphatic carbocycles. The molecule has 8 heteroatoms. The largest absolute Gasteiger partial charge is 0.580 e. The smallest absolute Gasteiger partial charge is 0.253 e. The Bertz CT molecular complexity index is 438. The van der Waals surface area contributed by atoms with Crippen LogP contribution >= 0.6 is 0 Å². The number of hydroxylamine groups is 3. The van der Waals surface area contributed by atoms with E-state index in [0.29, 0.717) is 13.0 Å². The van der Waals surface area contributed by atoms with Gasteiger partial charge in [-0.15, -0.1) is 4.58 Å². The highest BCUT2D eigenvalue weighted by atomic mass is 19.4. The lowest BCUT2D eigenvalue weighted by Gasteiger charge is -2.24. The molecule has 0 saturated heterocycles. The molecule has 1 heterocycles. The van der Waals surface area contributed by atoms with Crippen molar-refractivity contribution in [2.75, 3.05) is 26.2 Å². The molecule has 1 aliphatic rings. The van der Waals surface area contributed by atoms with Gasteiger partial charge in [-0.05, 0) is 17.5 Å². The quantitative estimate of drug-likeness (QED) is 0.211. The van der Waals surface area contributed by atoms with E-state index in [9.17, 15) is 22.4 Å². The number of amidine groups is 1. The fourth-order valence-corrected chi connectivity index (χ4v) is 2.64. The van der Waals surface area contributed by atoms with E-state index in [1.165, 1.54) is 4.58 Å². The first-order chi connectivity index (χ1) is 10.8. The molecule has 0 radical (unpaired) electrons. The van der Waals surface area contributed by atoms with Crippen LogP contribution in [0.2, 0.25) is 0 Å². The summed E-state index contributed by atoms with van der Waals surface area (Å²) in [4.78, 5) is 15.8. The Kier molecular flexibility index (Phi) is 7.44. The lowest BCUT2D eigenvalue weighted by Crippen LogP contribution is -2.53. The second kappa shape index (κ2) is 8.61. The van der Waals surface area contributed by atoms with Gasteiger partial charge in [0.2, 0.25) is 6.54 Å². The summed E-state index contributed by atoms with van der Waals surface area (Å²) in [5, 5.41) is 0. The topological polar surface area (TPSA) is 29.3 Å². The maximum absolute atomic E-state index is 14.7. The number of halogens is 4. The number of hydrogen-bond acceptors (Lipinski definition) is 2. The molecule has 0 aromatic carbocycles. The molecule has 0 bridgehead atoms. The predicted molar refractivity (Wildman–Crippen MR) is 77.3 cm³/mol. The van der Waals surface area contributed by atoms with Gasteiger partial charge in [-0.25, -0.2) is 4.79 Å². The van der Waals surface area contributed by atoms with Crippen LogP contribution in [-0.2, 0) is 9.63 Å². The minimum Gasteiger partial charge on any atom is -0.253 e. The number of carbonyl (C=O) groups is 1. The molecular weight excluding hydrogens is 316 g/mol. The molecule has 0 aromatic rings. The van der Waals surface area contributed by atoms with Crippen molar-refractivity contribution in [2.45, 2.75) is 58.5 Å². The third kappa shape index (κ3) is 5.44. The van der Waals surface area contributed by atoms with Crippen LogP contribution in [0.1, 0.15) is 52.4 Å². The lowest BCUT2D eigenvalue weighted by atomic mass is 10.2. The van der Waals surface area contributed by atoms with Gasteiger partial charge < -0.3 is 0 Å². The fourth-order valence-electron chi connectivity index (χ4n) is 2.64. The lowest BCUT2D eigenvalue weighted by molar-refractivity contribution is -1.02. The number of carbonyl (C=O) groups excluding carboxylic acids is 1. The summed E-state index contributed by atoms with van der Waals surface area (Å²) in [6, 6.07) is 0. The van der Waals surface area contributed by atoms with Crippen molar-refractivity contribution in [1.82, 2.24) is 0 Å². The molecule has 134 valence electrons. The second-order valence-corrected chi connectivity index (χ2v) is 5.88. The molecule has 1 aliphatic heterocycles. The maximum Gasteiger partial charge on any atom is 0.580 e. The molecule has 1 atom stereocenters. The molecule has 0 aromatic heterocycles. The van der Waals surface area contributed by atoms with Crippen LogP contribution in [0.25, 0.3) is 0 Å². The number of nitrogens with zero attached hydrogens (tertiary/aromatic N) is 2. The molecule has 0 spiro atoms. The van der Waals surface area contributed by atoms with E-state index in [0.717, 1.165) is 32.1 Å². The van der Waals surface area contributed by atoms with Gasteiger partial charge in [0.1, 0.15) is 6.54 Å². The first kappa shape index (κ1) is 19.9. The van der Waals surface area contributed by atoms with Gasteiger partial charge in [-0.3, -0.25) is 4.84 Å². The van der Waals surface area contributed by atoms with Crippen LogP contribution in [-0.4, -0.2) is 53.6 Å². The second-order valence-electron chi connectivity index (χ2n) is 5.88. The van der Waals surface area contributed by atoms with E-state index in [1.807, 2.05) is 13.8 Å². The van der Waals surface area contributed by atoms with E-state index in [4.69, 9.17) is 0 Å². The summed E-state index contributed by atoms with van der Waals surface area (Å²) in [5.74, 6) is -2.33. The standard InChI is InChI=1S/C15H26F4N2O2/c1-3-5-7-9-20-10-12-21(14(20)16,11-8-6-4-2)23-13(22)15(17,18)19/h3-12H2,1-2H3/q+2. The summed E-state index contributed by atoms with van der Waals surface area (Å²) in [6.45, 7) is 4.69. The van der Waals surface area contributed by atoms with Gasteiger partial charge >= 0.3 is 18.2 Å². The summed E-state index contributed by atoms with van der Waals surface area (Å²) < 4.78 is 52.6. The van der Waals surface area contributed by atoms with Crippen molar-refractivity contribution in [3.63, 3.8) is 0 Å². The Morgan fingerprint density at radius 1 is 1.17 bits per heavy atom. The van der Waals surface area contributed by atoms with Crippen molar-refractivity contribution < 1.29 is 36.4 Å². The Morgan fingerprint density at radius 3 is 2.35 bits per heavy atom. The van der Waals surface area contributed by atoms with Crippen molar-refractivity contribution >= 4 is 12.1 Å². The Morgan fingerprint density at radius 2 is 1.78 bits per heavy atom. The van der Waals surface area contributed by atoms with Crippen LogP contribution in [0.15, 0.2) is 0 Å². The van der Waals surface area contributed by atoms with Gasteiger partial charge in [0.05, 0.1) is 0 Å². The summed E-state index contributed by atoms with van der Waals surface area (Å²) in [5.41, 5.74) is 0.